The SMILES string of the molecule is CO[C@H]1C(C)N(c2cc(-c3n[nH]c4ccc(OC5(C)CC5)cc34)ncn2)C[C@@H]1O. The lowest BCUT2D eigenvalue weighted by Crippen LogP contribution is -2.34. The first-order valence-electron chi connectivity index (χ1n) is 9.94. The fourth-order valence-corrected chi connectivity index (χ4v) is 4.07. The second kappa shape index (κ2) is 6.67. The minimum atomic E-state index is -0.553. The molecule has 152 valence electrons. The van der Waals surface area contributed by atoms with E-state index in [1.54, 1.807) is 7.11 Å². The highest BCUT2D eigenvalue weighted by Gasteiger charge is 2.40. The van der Waals surface area contributed by atoms with Crippen LogP contribution in [-0.2, 0) is 4.74 Å². The van der Waals surface area contributed by atoms with Crippen molar-refractivity contribution in [1.29, 1.82) is 0 Å². The van der Waals surface area contributed by atoms with Gasteiger partial charge in [-0.3, -0.25) is 5.10 Å². The Kier molecular flexibility index (Phi) is 4.22. The van der Waals surface area contributed by atoms with Gasteiger partial charge in [0.15, 0.2) is 0 Å². The lowest BCUT2D eigenvalue weighted by atomic mass is 10.1. The summed E-state index contributed by atoms with van der Waals surface area (Å²) in [7, 11) is 1.62. The number of hydrogen-bond acceptors (Lipinski definition) is 7. The number of ether oxygens (including phenoxy) is 2. The van der Waals surface area contributed by atoms with Crippen molar-refractivity contribution in [1.82, 2.24) is 20.2 Å². The third-order valence-corrected chi connectivity index (χ3v) is 6.04. The van der Waals surface area contributed by atoms with Crippen molar-refractivity contribution in [2.24, 2.45) is 0 Å². The summed E-state index contributed by atoms with van der Waals surface area (Å²) in [5, 5.41) is 18.8. The number of H-pyrrole nitrogens is 1. The predicted molar refractivity (Wildman–Crippen MR) is 109 cm³/mol. The van der Waals surface area contributed by atoms with Gasteiger partial charge in [-0.25, -0.2) is 9.97 Å². The summed E-state index contributed by atoms with van der Waals surface area (Å²) in [4.78, 5) is 10.9. The zero-order valence-corrected chi connectivity index (χ0v) is 16.8. The molecule has 8 heteroatoms. The molecule has 3 atom stereocenters. The van der Waals surface area contributed by atoms with Gasteiger partial charge in [-0.2, -0.15) is 5.10 Å². The Bertz CT molecular complexity index is 1050. The number of anilines is 1. The summed E-state index contributed by atoms with van der Waals surface area (Å²) in [6.07, 6.45) is 2.91. The van der Waals surface area contributed by atoms with Gasteiger partial charge in [-0.1, -0.05) is 0 Å². The predicted octanol–water partition coefficient (Wildman–Crippen LogP) is 2.54. The zero-order chi connectivity index (χ0) is 20.2. The van der Waals surface area contributed by atoms with Crippen LogP contribution in [0.1, 0.15) is 26.7 Å². The molecule has 3 aromatic rings. The molecule has 1 saturated heterocycles. The molecule has 2 aliphatic rings. The third kappa shape index (κ3) is 3.22. The highest BCUT2D eigenvalue weighted by Crippen LogP contribution is 2.40. The van der Waals surface area contributed by atoms with Crippen LogP contribution < -0.4 is 9.64 Å². The number of aromatic nitrogens is 4. The number of aliphatic hydroxyl groups excluding tert-OH is 1. The maximum absolute atomic E-state index is 10.3. The number of nitrogens with one attached hydrogen (secondary N) is 1. The monoisotopic (exact) mass is 395 g/mol. The smallest absolute Gasteiger partial charge is 0.133 e. The van der Waals surface area contributed by atoms with Crippen molar-refractivity contribution in [3.8, 4) is 17.1 Å². The molecule has 0 bridgehead atoms. The molecule has 0 radical (unpaired) electrons. The van der Waals surface area contributed by atoms with E-state index in [0.29, 0.717) is 6.54 Å². The van der Waals surface area contributed by atoms with Crippen molar-refractivity contribution >= 4 is 16.7 Å². The van der Waals surface area contributed by atoms with Crippen LogP contribution in [0.25, 0.3) is 22.3 Å². The summed E-state index contributed by atoms with van der Waals surface area (Å²) in [5.41, 5.74) is 2.37. The Hall–Kier alpha value is -2.71. The van der Waals surface area contributed by atoms with Crippen molar-refractivity contribution < 1.29 is 14.6 Å². The molecule has 2 N–H and O–H groups in total. The molecule has 29 heavy (non-hydrogen) atoms. The van der Waals surface area contributed by atoms with E-state index in [1.165, 1.54) is 6.33 Å². The molecule has 1 aromatic carbocycles. The standard InChI is InChI=1S/C21H25N5O3/c1-12-20(28-3)17(27)10-26(12)18-9-16(22-11-23-18)19-14-8-13(29-21(2)6-7-21)4-5-15(14)24-25-19/h4-5,8-9,11-12,17,20,27H,6-7,10H2,1-3H3,(H,24,25)/t12?,17-,20-/m0/s1. The fourth-order valence-electron chi connectivity index (χ4n) is 4.07. The number of aromatic amines is 1. The molecule has 5 rings (SSSR count). The van der Waals surface area contributed by atoms with Gasteiger partial charge >= 0.3 is 0 Å². The molecule has 1 aliphatic heterocycles. The molecule has 0 amide bonds. The minimum absolute atomic E-state index is 0.00738. The summed E-state index contributed by atoms with van der Waals surface area (Å²) in [6, 6.07) is 7.89. The van der Waals surface area contributed by atoms with Crippen LogP contribution in [0, 0.1) is 0 Å². The Morgan fingerprint density at radius 2 is 2.07 bits per heavy atom. The van der Waals surface area contributed by atoms with Gasteiger partial charge < -0.3 is 19.5 Å². The van der Waals surface area contributed by atoms with Crippen LogP contribution in [0.15, 0.2) is 30.6 Å². The van der Waals surface area contributed by atoms with Gasteiger partial charge in [-0.15, -0.1) is 0 Å². The number of aliphatic hydroxyl groups is 1. The van der Waals surface area contributed by atoms with Crippen LogP contribution in [0.5, 0.6) is 5.75 Å². The van der Waals surface area contributed by atoms with Gasteiger partial charge in [0.25, 0.3) is 0 Å². The van der Waals surface area contributed by atoms with E-state index in [2.05, 4.69) is 27.1 Å². The maximum Gasteiger partial charge on any atom is 0.133 e. The van der Waals surface area contributed by atoms with Crippen LogP contribution in [0.3, 0.4) is 0 Å². The molecule has 3 heterocycles. The van der Waals surface area contributed by atoms with E-state index < -0.39 is 6.10 Å². The minimum Gasteiger partial charge on any atom is -0.488 e. The number of methoxy groups -OCH3 is 1. The number of hydrogen-bond donors (Lipinski definition) is 2. The van der Waals surface area contributed by atoms with Crippen molar-refractivity contribution in [2.45, 2.75) is 50.5 Å². The molecule has 2 fully saturated rings. The topological polar surface area (TPSA) is 96.4 Å². The Labute approximate surface area is 168 Å². The average Bonchev–Trinajstić information content (AvgIpc) is 3.17. The Morgan fingerprint density at radius 1 is 1.24 bits per heavy atom. The molecule has 0 spiro atoms. The van der Waals surface area contributed by atoms with Crippen LogP contribution in [0.4, 0.5) is 5.82 Å². The van der Waals surface area contributed by atoms with E-state index in [9.17, 15) is 5.11 Å². The highest BCUT2D eigenvalue weighted by molar-refractivity contribution is 5.93. The van der Waals surface area contributed by atoms with Gasteiger partial charge in [0.1, 0.15) is 35.3 Å². The molecule has 1 unspecified atom stereocenters. The summed E-state index contributed by atoms with van der Waals surface area (Å²) in [6.45, 7) is 4.62. The summed E-state index contributed by atoms with van der Waals surface area (Å²) < 4.78 is 11.6. The third-order valence-electron chi connectivity index (χ3n) is 6.04. The summed E-state index contributed by atoms with van der Waals surface area (Å²) >= 11 is 0. The first-order valence-corrected chi connectivity index (χ1v) is 9.94. The van der Waals surface area contributed by atoms with Crippen LogP contribution in [-0.4, -0.2) is 62.8 Å². The van der Waals surface area contributed by atoms with Gasteiger partial charge in [0, 0.05) is 25.1 Å². The number of rotatable bonds is 5. The van der Waals surface area contributed by atoms with E-state index in [0.717, 1.165) is 46.7 Å². The largest absolute Gasteiger partial charge is 0.488 e. The zero-order valence-electron chi connectivity index (χ0n) is 16.8. The molecule has 1 saturated carbocycles. The second-order valence-corrected chi connectivity index (χ2v) is 8.25. The first-order chi connectivity index (χ1) is 14.0. The Morgan fingerprint density at radius 3 is 2.79 bits per heavy atom. The van der Waals surface area contributed by atoms with Crippen LogP contribution >= 0.6 is 0 Å². The maximum atomic E-state index is 10.3. The normalized spacial score (nSPS) is 25.5. The van der Waals surface area contributed by atoms with E-state index >= 15 is 0 Å². The quantitative estimate of drug-likeness (QED) is 0.685. The first kappa shape index (κ1) is 18.3. The molecular formula is C21H25N5O3. The van der Waals surface area contributed by atoms with Crippen molar-refractivity contribution in [2.75, 3.05) is 18.6 Å². The molecule has 2 aromatic heterocycles. The lowest BCUT2D eigenvalue weighted by molar-refractivity contribution is 0.00861. The van der Waals surface area contributed by atoms with Crippen molar-refractivity contribution in [3.05, 3.63) is 30.6 Å². The fraction of sp³-hybridized carbons (Fsp3) is 0.476. The second-order valence-electron chi connectivity index (χ2n) is 8.25. The van der Waals surface area contributed by atoms with Gasteiger partial charge in [-0.05, 0) is 44.9 Å². The van der Waals surface area contributed by atoms with Gasteiger partial charge in [0.2, 0.25) is 0 Å². The lowest BCUT2D eigenvalue weighted by Gasteiger charge is -2.24. The number of nitrogens with zero attached hydrogens (tertiary/aromatic N) is 4. The average molecular weight is 395 g/mol. The Balaban J connectivity index is 1.49. The number of β-amino-alcohol motifs (C(OH)–C–C–N with tert-alkyl or cyclic N) is 1. The van der Waals surface area contributed by atoms with E-state index in [-0.39, 0.29) is 17.7 Å². The van der Waals surface area contributed by atoms with E-state index in [1.807, 2.05) is 36.1 Å². The molecule has 8 nitrogen and oxygen atoms in total. The van der Waals surface area contributed by atoms with Crippen LogP contribution in [0.2, 0.25) is 0 Å². The highest BCUT2D eigenvalue weighted by atomic mass is 16.5. The number of fused-ring (bicyclic) bond motifs is 1. The number of benzene rings is 1. The van der Waals surface area contributed by atoms with Crippen molar-refractivity contribution in [3.63, 3.8) is 0 Å². The molecule has 1 aliphatic carbocycles. The summed E-state index contributed by atoms with van der Waals surface area (Å²) in [5.74, 6) is 1.59. The van der Waals surface area contributed by atoms with Gasteiger partial charge in [0.05, 0.1) is 23.4 Å². The van der Waals surface area contributed by atoms with E-state index in [4.69, 9.17) is 9.47 Å². The molecular weight excluding hydrogens is 370 g/mol.